The van der Waals surface area contributed by atoms with Crippen LogP contribution in [0, 0.1) is 13.8 Å². The van der Waals surface area contributed by atoms with Crippen LogP contribution in [-0.4, -0.2) is 0 Å². The van der Waals surface area contributed by atoms with Gasteiger partial charge >= 0.3 is 0 Å². The molecule has 0 spiro atoms. The van der Waals surface area contributed by atoms with Crippen molar-refractivity contribution in [3.63, 3.8) is 0 Å². The Morgan fingerprint density at radius 1 is 0.348 bits per heavy atom. The van der Waals surface area contributed by atoms with E-state index in [0.29, 0.717) is 0 Å². The second-order valence-electron chi connectivity index (χ2n) is 20.3. The molecule has 0 unspecified atom stereocenters. The maximum absolute atomic E-state index is 2.56. The van der Waals surface area contributed by atoms with Crippen LogP contribution in [0.1, 0.15) is 63.8 Å². The van der Waals surface area contributed by atoms with E-state index >= 15 is 0 Å². The summed E-state index contributed by atoms with van der Waals surface area (Å²) in [6.07, 6.45) is 0. The Morgan fingerprint density at radius 3 is 1.11 bits per heavy atom. The van der Waals surface area contributed by atoms with Crippen LogP contribution in [-0.2, 0) is 10.8 Å². The number of fused-ring (bicyclic) bond motifs is 6. The highest BCUT2D eigenvalue weighted by Crippen LogP contribution is 2.53. The predicted octanol–water partition coefficient (Wildman–Crippen LogP) is 19.5. The molecule has 0 aliphatic rings. The molecule has 0 radical (unpaired) electrons. The average molecular weight is 889 g/mol. The molecule has 0 aliphatic heterocycles. The summed E-state index contributed by atoms with van der Waals surface area (Å²) in [5.74, 6) is 0. The third kappa shape index (κ3) is 6.33. The number of thiophene rings is 2. The molecular formula is C62H52N2S2. The molecule has 0 saturated heterocycles. The predicted molar refractivity (Wildman–Crippen MR) is 292 cm³/mol. The highest BCUT2D eigenvalue weighted by Gasteiger charge is 2.27. The summed E-state index contributed by atoms with van der Waals surface area (Å²) in [6, 6.07) is 64.5. The zero-order valence-electron chi connectivity index (χ0n) is 38.9. The van der Waals surface area contributed by atoms with Gasteiger partial charge in [-0.25, -0.2) is 0 Å². The number of benzene rings is 10. The van der Waals surface area contributed by atoms with Crippen molar-refractivity contribution in [2.24, 2.45) is 0 Å². The van der Waals surface area contributed by atoms with Crippen LogP contribution in [0.4, 0.5) is 34.1 Å². The lowest BCUT2D eigenvalue weighted by Gasteiger charge is -2.31. The largest absolute Gasteiger partial charge is 0.308 e. The maximum atomic E-state index is 2.56. The lowest BCUT2D eigenvalue weighted by atomic mass is 9.87. The summed E-state index contributed by atoms with van der Waals surface area (Å²) in [6.45, 7) is 18.3. The van der Waals surface area contributed by atoms with Gasteiger partial charge in [-0.1, -0.05) is 163 Å². The van der Waals surface area contributed by atoms with E-state index in [1.54, 1.807) is 0 Å². The van der Waals surface area contributed by atoms with E-state index in [9.17, 15) is 0 Å². The summed E-state index contributed by atoms with van der Waals surface area (Å²) in [5.41, 5.74) is 12.4. The van der Waals surface area contributed by atoms with Gasteiger partial charge in [0, 0.05) is 53.1 Å². The molecule has 12 rings (SSSR count). The third-order valence-electron chi connectivity index (χ3n) is 14.0. The van der Waals surface area contributed by atoms with Crippen LogP contribution in [0.3, 0.4) is 0 Å². The first-order valence-electron chi connectivity index (χ1n) is 23.2. The molecule has 322 valence electrons. The standard InChI is InChI=1S/C62H52N2S2/c1-37-17-31-47-45-13-9-11-15-53(45)65-59(47)57(37)63(43-27-23-41(24-28-43)61(3,4)5)51-35-21-39-20-34-50-52(36-22-40-19-33-49(51)55(39)56(40)50)64(44-29-25-42(26-30-44)62(6,7)8)58-38(2)18-32-48-46-14-10-12-16-54(46)66-60(48)58/h9-36H,1-8H3. The minimum absolute atomic E-state index is 0.0407. The average Bonchev–Trinajstić information content (AvgIpc) is 3.89. The van der Waals surface area contributed by atoms with Crippen molar-refractivity contribution in [2.75, 3.05) is 9.80 Å². The van der Waals surface area contributed by atoms with Crippen molar-refractivity contribution in [3.05, 3.63) is 192 Å². The molecule has 2 heterocycles. The third-order valence-corrected chi connectivity index (χ3v) is 16.4. The fourth-order valence-electron chi connectivity index (χ4n) is 10.5. The number of aryl methyl sites for hydroxylation is 2. The van der Waals surface area contributed by atoms with Gasteiger partial charge in [-0.3, -0.25) is 0 Å². The zero-order chi connectivity index (χ0) is 45.2. The summed E-state index contributed by atoms with van der Waals surface area (Å²) in [5, 5.41) is 12.8. The highest BCUT2D eigenvalue weighted by molar-refractivity contribution is 7.26. The quantitative estimate of drug-likeness (QED) is 0.154. The van der Waals surface area contributed by atoms with Gasteiger partial charge in [0.15, 0.2) is 0 Å². The van der Waals surface area contributed by atoms with E-state index in [-0.39, 0.29) is 10.8 Å². The lowest BCUT2D eigenvalue weighted by molar-refractivity contribution is 0.590. The van der Waals surface area contributed by atoms with E-state index in [4.69, 9.17) is 0 Å². The summed E-state index contributed by atoms with van der Waals surface area (Å²) in [7, 11) is 0. The highest BCUT2D eigenvalue weighted by atomic mass is 32.1. The number of hydrogen-bond acceptors (Lipinski definition) is 4. The van der Waals surface area contributed by atoms with Crippen LogP contribution in [0.15, 0.2) is 170 Å². The monoisotopic (exact) mass is 888 g/mol. The van der Waals surface area contributed by atoms with E-state index in [0.717, 1.165) is 11.4 Å². The molecule has 0 atom stereocenters. The first-order valence-corrected chi connectivity index (χ1v) is 24.8. The van der Waals surface area contributed by atoms with Gasteiger partial charge < -0.3 is 9.80 Å². The van der Waals surface area contributed by atoms with Crippen molar-refractivity contribution in [3.8, 4) is 0 Å². The van der Waals surface area contributed by atoms with Gasteiger partial charge in [-0.2, -0.15) is 0 Å². The Morgan fingerprint density at radius 2 is 0.712 bits per heavy atom. The summed E-state index contributed by atoms with van der Waals surface area (Å²) >= 11 is 3.80. The molecule has 2 aromatic heterocycles. The van der Waals surface area contributed by atoms with E-state index in [1.165, 1.54) is 118 Å². The topological polar surface area (TPSA) is 6.48 Å². The normalized spacial score (nSPS) is 12.5. The van der Waals surface area contributed by atoms with Crippen LogP contribution in [0.2, 0.25) is 0 Å². The molecular weight excluding hydrogens is 837 g/mol. The van der Waals surface area contributed by atoms with Gasteiger partial charge in [0.25, 0.3) is 0 Å². The molecule has 66 heavy (non-hydrogen) atoms. The van der Waals surface area contributed by atoms with Crippen LogP contribution in [0.5, 0.6) is 0 Å². The van der Waals surface area contributed by atoms with Gasteiger partial charge in [-0.15, -0.1) is 22.7 Å². The van der Waals surface area contributed by atoms with Crippen molar-refractivity contribution >= 4 is 129 Å². The Bertz CT molecular complexity index is 3600. The van der Waals surface area contributed by atoms with E-state index in [1.807, 2.05) is 22.7 Å². The maximum Gasteiger partial charge on any atom is 0.0669 e. The Balaban J connectivity index is 1.14. The summed E-state index contributed by atoms with van der Waals surface area (Å²) in [4.78, 5) is 5.11. The molecule has 2 nitrogen and oxygen atoms in total. The lowest BCUT2D eigenvalue weighted by Crippen LogP contribution is -2.15. The molecule has 10 aromatic carbocycles. The van der Waals surface area contributed by atoms with Crippen LogP contribution in [0.25, 0.3) is 72.7 Å². The first-order chi connectivity index (χ1) is 31.8. The number of hydrogen-bond donors (Lipinski definition) is 0. The molecule has 4 heteroatoms. The fourth-order valence-corrected chi connectivity index (χ4v) is 13.0. The Labute approximate surface area is 395 Å². The van der Waals surface area contributed by atoms with Gasteiger partial charge in [0.2, 0.25) is 0 Å². The molecule has 0 N–H and O–H groups in total. The molecule has 0 fully saturated rings. The molecule has 0 saturated carbocycles. The van der Waals surface area contributed by atoms with E-state index in [2.05, 4.69) is 235 Å². The van der Waals surface area contributed by atoms with Gasteiger partial charge in [0.05, 0.1) is 32.1 Å². The van der Waals surface area contributed by atoms with Crippen LogP contribution >= 0.6 is 22.7 Å². The Hall–Kier alpha value is -6.72. The molecule has 0 bridgehead atoms. The second kappa shape index (κ2) is 14.9. The molecule has 0 aliphatic carbocycles. The van der Waals surface area contributed by atoms with Crippen molar-refractivity contribution < 1.29 is 0 Å². The van der Waals surface area contributed by atoms with Gasteiger partial charge in [0.1, 0.15) is 0 Å². The SMILES string of the molecule is Cc1ccc2c(sc3ccccc32)c1N(c1ccc(C(C)(C)C)cc1)c1ccc2ccc3c(N(c4ccc(C(C)(C)C)cc4)c4c(C)ccc5c4sc4ccccc45)ccc4ccc1c2c43. The Kier molecular flexibility index (Phi) is 9.20. The minimum atomic E-state index is 0.0407. The molecule has 0 amide bonds. The van der Waals surface area contributed by atoms with Gasteiger partial charge in [-0.05, 0) is 117 Å². The van der Waals surface area contributed by atoms with Crippen molar-refractivity contribution in [1.82, 2.24) is 0 Å². The van der Waals surface area contributed by atoms with Crippen molar-refractivity contribution in [1.29, 1.82) is 0 Å². The molecule has 12 aromatic rings. The van der Waals surface area contributed by atoms with E-state index < -0.39 is 0 Å². The zero-order valence-corrected chi connectivity index (χ0v) is 40.5. The second-order valence-corrected chi connectivity index (χ2v) is 22.4. The fraction of sp³-hybridized carbons (Fsp3) is 0.161. The van der Waals surface area contributed by atoms with Crippen LogP contribution < -0.4 is 9.80 Å². The first kappa shape index (κ1) is 40.8. The minimum Gasteiger partial charge on any atom is -0.308 e. The number of anilines is 6. The smallest absolute Gasteiger partial charge is 0.0669 e. The van der Waals surface area contributed by atoms with Crippen molar-refractivity contribution in [2.45, 2.75) is 66.2 Å². The number of nitrogens with zero attached hydrogens (tertiary/aromatic N) is 2. The number of rotatable bonds is 6. The summed E-state index contributed by atoms with van der Waals surface area (Å²) < 4.78 is 5.24.